The van der Waals surface area contributed by atoms with E-state index in [-0.39, 0.29) is 0 Å². The third-order valence-corrected chi connectivity index (χ3v) is 5.31. The van der Waals surface area contributed by atoms with Gasteiger partial charge in [0.25, 0.3) is 0 Å². The van der Waals surface area contributed by atoms with Crippen molar-refractivity contribution in [2.45, 2.75) is 44.4 Å². The van der Waals surface area contributed by atoms with Gasteiger partial charge in [0.05, 0.1) is 11.0 Å². The molecular formula is C18H25N3. The summed E-state index contributed by atoms with van der Waals surface area (Å²) in [5, 5.41) is 0. The summed E-state index contributed by atoms with van der Waals surface area (Å²) < 4.78 is 0. The van der Waals surface area contributed by atoms with Gasteiger partial charge in [-0.2, -0.15) is 0 Å². The second kappa shape index (κ2) is 5.80. The van der Waals surface area contributed by atoms with Crippen LogP contribution in [0.5, 0.6) is 0 Å². The first-order valence-electron chi connectivity index (χ1n) is 8.55. The molecule has 1 N–H and O–H groups in total. The number of nitrogens with zero attached hydrogens (tertiary/aromatic N) is 2. The van der Waals surface area contributed by atoms with Gasteiger partial charge >= 0.3 is 0 Å². The van der Waals surface area contributed by atoms with E-state index >= 15 is 0 Å². The zero-order valence-corrected chi connectivity index (χ0v) is 12.7. The Hall–Kier alpha value is -1.35. The van der Waals surface area contributed by atoms with E-state index in [2.05, 4.69) is 34.1 Å². The van der Waals surface area contributed by atoms with Crippen LogP contribution < -0.4 is 0 Å². The molecule has 1 atom stereocenters. The highest BCUT2D eigenvalue weighted by Gasteiger charge is 2.28. The Morgan fingerprint density at radius 3 is 2.81 bits per heavy atom. The lowest BCUT2D eigenvalue weighted by atomic mass is 9.89. The first-order chi connectivity index (χ1) is 10.4. The SMILES string of the molecule is c1ccc2[nH]c(C3CCN(CC4CCCCC4)C3)nc2c1. The molecule has 0 radical (unpaired) electrons. The van der Waals surface area contributed by atoms with Gasteiger partial charge < -0.3 is 9.88 Å². The normalized spacial score (nSPS) is 24.9. The molecular weight excluding hydrogens is 258 g/mol. The van der Waals surface area contributed by atoms with Gasteiger partial charge in [-0.25, -0.2) is 4.98 Å². The van der Waals surface area contributed by atoms with Crippen molar-refractivity contribution in [3.05, 3.63) is 30.1 Å². The molecule has 3 heteroatoms. The summed E-state index contributed by atoms with van der Waals surface area (Å²) in [5.41, 5.74) is 2.29. The Morgan fingerprint density at radius 1 is 1.10 bits per heavy atom. The molecule has 1 saturated heterocycles. The van der Waals surface area contributed by atoms with Crippen molar-refractivity contribution in [3.8, 4) is 0 Å². The Kier molecular flexibility index (Phi) is 3.68. The zero-order chi connectivity index (χ0) is 14.1. The van der Waals surface area contributed by atoms with Crippen molar-refractivity contribution in [3.63, 3.8) is 0 Å². The fourth-order valence-electron chi connectivity index (χ4n) is 4.12. The molecule has 2 fully saturated rings. The van der Waals surface area contributed by atoms with E-state index < -0.39 is 0 Å². The van der Waals surface area contributed by atoms with Crippen LogP contribution >= 0.6 is 0 Å². The number of nitrogens with one attached hydrogen (secondary N) is 1. The van der Waals surface area contributed by atoms with Gasteiger partial charge in [0.15, 0.2) is 0 Å². The number of likely N-dealkylation sites (tertiary alicyclic amines) is 1. The number of aromatic amines is 1. The van der Waals surface area contributed by atoms with Gasteiger partial charge in [0.1, 0.15) is 5.82 Å². The van der Waals surface area contributed by atoms with Crippen LogP contribution in [0.1, 0.15) is 50.3 Å². The van der Waals surface area contributed by atoms with Gasteiger partial charge in [0.2, 0.25) is 0 Å². The van der Waals surface area contributed by atoms with Crippen molar-refractivity contribution in [2.75, 3.05) is 19.6 Å². The third kappa shape index (κ3) is 2.84. The van der Waals surface area contributed by atoms with Crippen molar-refractivity contribution in [1.29, 1.82) is 0 Å². The van der Waals surface area contributed by atoms with Crippen molar-refractivity contribution in [1.82, 2.24) is 14.9 Å². The summed E-state index contributed by atoms with van der Waals surface area (Å²) in [6.07, 6.45) is 8.51. The van der Waals surface area contributed by atoms with Gasteiger partial charge in [-0.05, 0) is 43.9 Å². The predicted molar refractivity (Wildman–Crippen MR) is 86.5 cm³/mol. The Morgan fingerprint density at radius 2 is 1.95 bits per heavy atom. The molecule has 1 aromatic carbocycles. The third-order valence-electron chi connectivity index (χ3n) is 5.31. The summed E-state index contributed by atoms with van der Waals surface area (Å²) in [6.45, 7) is 3.76. The molecule has 2 aliphatic rings. The topological polar surface area (TPSA) is 31.9 Å². The van der Waals surface area contributed by atoms with Crippen LogP contribution in [0.25, 0.3) is 11.0 Å². The van der Waals surface area contributed by atoms with Crippen LogP contribution in [0, 0.1) is 5.92 Å². The molecule has 2 heterocycles. The summed E-state index contributed by atoms with van der Waals surface area (Å²) in [4.78, 5) is 11.0. The van der Waals surface area contributed by atoms with E-state index in [9.17, 15) is 0 Å². The first-order valence-corrected chi connectivity index (χ1v) is 8.55. The molecule has 1 unspecified atom stereocenters. The summed E-state index contributed by atoms with van der Waals surface area (Å²) in [6, 6.07) is 8.37. The standard InChI is InChI=1S/C18H25N3/c1-2-6-14(7-3-1)12-21-11-10-15(13-21)18-19-16-8-4-5-9-17(16)20-18/h4-5,8-9,14-15H,1-3,6-7,10-13H2,(H,19,20). The summed E-state index contributed by atoms with van der Waals surface area (Å²) in [7, 11) is 0. The molecule has 1 aliphatic carbocycles. The predicted octanol–water partition coefficient (Wildman–Crippen LogP) is 3.93. The molecule has 2 aromatic rings. The maximum absolute atomic E-state index is 4.79. The highest BCUT2D eigenvalue weighted by Crippen LogP contribution is 2.30. The monoisotopic (exact) mass is 283 g/mol. The molecule has 1 aliphatic heterocycles. The van der Waals surface area contributed by atoms with E-state index in [1.165, 1.54) is 69.5 Å². The quantitative estimate of drug-likeness (QED) is 0.925. The highest BCUT2D eigenvalue weighted by atomic mass is 15.2. The van der Waals surface area contributed by atoms with Gasteiger partial charge in [0, 0.05) is 19.0 Å². The van der Waals surface area contributed by atoms with Crippen LogP contribution in [-0.4, -0.2) is 34.5 Å². The average molecular weight is 283 g/mol. The molecule has 112 valence electrons. The fourth-order valence-corrected chi connectivity index (χ4v) is 4.12. The number of aromatic nitrogens is 2. The van der Waals surface area contributed by atoms with Crippen molar-refractivity contribution < 1.29 is 0 Å². The number of H-pyrrole nitrogens is 1. The van der Waals surface area contributed by atoms with Gasteiger partial charge in [-0.15, -0.1) is 0 Å². The number of hydrogen-bond acceptors (Lipinski definition) is 2. The number of benzene rings is 1. The fraction of sp³-hybridized carbons (Fsp3) is 0.611. The molecule has 0 bridgehead atoms. The zero-order valence-electron chi connectivity index (χ0n) is 12.7. The lowest BCUT2D eigenvalue weighted by Gasteiger charge is -2.26. The smallest absolute Gasteiger partial charge is 0.111 e. The van der Waals surface area contributed by atoms with E-state index in [4.69, 9.17) is 4.98 Å². The van der Waals surface area contributed by atoms with Crippen LogP contribution in [0.3, 0.4) is 0 Å². The van der Waals surface area contributed by atoms with Crippen LogP contribution in [0.4, 0.5) is 0 Å². The number of fused-ring (bicyclic) bond motifs is 1. The van der Waals surface area contributed by atoms with Crippen LogP contribution in [0.2, 0.25) is 0 Å². The maximum atomic E-state index is 4.79. The maximum Gasteiger partial charge on any atom is 0.111 e. The molecule has 1 aromatic heterocycles. The van der Waals surface area contributed by atoms with Crippen LogP contribution in [0.15, 0.2) is 24.3 Å². The summed E-state index contributed by atoms with van der Waals surface area (Å²) >= 11 is 0. The Balaban J connectivity index is 1.41. The van der Waals surface area contributed by atoms with Gasteiger partial charge in [-0.3, -0.25) is 0 Å². The van der Waals surface area contributed by atoms with Crippen molar-refractivity contribution >= 4 is 11.0 Å². The Labute approximate surface area is 126 Å². The Bertz CT molecular complexity index is 564. The molecule has 0 spiro atoms. The van der Waals surface area contributed by atoms with Crippen molar-refractivity contribution in [2.24, 2.45) is 5.92 Å². The van der Waals surface area contributed by atoms with E-state index in [0.29, 0.717) is 5.92 Å². The second-order valence-corrected chi connectivity index (χ2v) is 6.89. The second-order valence-electron chi connectivity index (χ2n) is 6.89. The molecule has 0 amide bonds. The molecule has 3 nitrogen and oxygen atoms in total. The number of hydrogen-bond donors (Lipinski definition) is 1. The number of imidazole rings is 1. The molecule has 4 rings (SSSR count). The van der Waals surface area contributed by atoms with Crippen LogP contribution in [-0.2, 0) is 0 Å². The number of rotatable bonds is 3. The summed E-state index contributed by atoms with van der Waals surface area (Å²) in [5.74, 6) is 2.75. The average Bonchev–Trinajstić information content (AvgIpc) is 3.14. The number of para-hydroxylation sites is 2. The first kappa shape index (κ1) is 13.3. The van der Waals surface area contributed by atoms with E-state index in [0.717, 1.165) is 11.4 Å². The largest absolute Gasteiger partial charge is 0.342 e. The van der Waals surface area contributed by atoms with E-state index in [1.54, 1.807) is 0 Å². The molecule has 21 heavy (non-hydrogen) atoms. The van der Waals surface area contributed by atoms with E-state index in [1.807, 2.05) is 0 Å². The highest BCUT2D eigenvalue weighted by molar-refractivity contribution is 5.74. The molecule has 1 saturated carbocycles. The minimum atomic E-state index is 0.598. The minimum absolute atomic E-state index is 0.598. The minimum Gasteiger partial charge on any atom is -0.342 e. The van der Waals surface area contributed by atoms with Gasteiger partial charge in [-0.1, -0.05) is 31.4 Å². The lowest BCUT2D eigenvalue weighted by molar-refractivity contribution is 0.232. The lowest BCUT2D eigenvalue weighted by Crippen LogP contribution is -2.28.